The highest BCUT2D eigenvalue weighted by Gasteiger charge is 2.06. The molecule has 0 aliphatic heterocycles. The molecule has 0 aliphatic carbocycles. The topological polar surface area (TPSA) is 82.5 Å². The Labute approximate surface area is 115 Å². The molecule has 1 amide bonds. The van der Waals surface area contributed by atoms with Crippen molar-refractivity contribution in [2.24, 2.45) is 0 Å². The minimum absolute atomic E-state index is 0.0981. The second-order valence-corrected chi connectivity index (χ2v) is 3.89. The Balaban J connectivity index is 2.13. The van der Waals surface area contributed by atoms with Gasteiger partial charge in [-0.1, -0.05) is 11.8 Å². The van der Waals surface area contributed by atoms with Crippen molar-refractivity contribution in [2.75, 3.05) is 11.9 Å². The summed E-state index contributed by atoms with van der Waals surface area (Å²) in [6, 6.07) is 9.19. The number of aliphatic hydroxyl groups is 1. The van der Waals surface area contributed by atoms with Crippen LogP contribution in [0.2, 0.25) is 0 Å². The van der Waals surface area contributed by atoms with Crippen LogP contribution in [0.4, 0.5) is 5.82 Å². The molecule has 5 nitrogen and oxygen atoms in total. The fraction of sp³-hybridized carbons (Fsp3) is 0.0667. The average Bonchev–Trinajstić information content (AvgIpc) is 2.46. The van der Waals surface area contributed by atoms with Gasteiger partial charge in [-0.2, -0.15) is 0 Å². The second-order valence-electron chi connectivity index (χ2n) is 3.89. The Bertz CT molecular complexity index is 670. The first kappa shape index (κ1) is 13.6. The van der Waals surface area contributed by atoms with E-state index in [-0.39, 0.29) is 18.3 Å². The van der Waals surface area contributed by atoms with Gasteiger partial charge >= 0.3 is 0 Å². The van der Waals surface area contributed by atoms with Crippen LogP contribution in [0.5, 0.6) is 5.75 Å². The van der Waals surface area contributed by atoms with E-state index in [9.17, 15) is 4.79 Å². The molecular formula is C15H12N2O3. The number of carbonyl (C=O) groups is 1. The van der Waals surface area contributed by atoms with Gasteiger partial charge in [0.05, 0.1) is 0 Å². The molecule has 20 heavy (non-hydrogen) atoms. The Morgan fingerprint density at radius 3 is 2.70 bits per heavy atom. The quantitative estimate of drug-likeness (QED) is 0.719. The van der Waals surface area contributed by atoms with Crippen LogP contribution in [0.3, 0.4) is 0 Å². The van der Waals surface area contributed by atoms with Crippen LogP contribution >= 0.6 is 0 Å². The van der Waals surface area contributed by atoms with Crippen LogP contribution in [0, 0.1) is 11.8 Å². The van der Waals surface area contributed by atoms with Gasteiger partial charge in [-0.15, -0.1) is 0 Å². The minimum atomic E-state index is -0.329. The zero-order chi connectivity index (χ0) is 14.4. The highest BCUT2D eigenvalue weighted by Crippen LogP contribution is 2.12. The summed E-state index contributed by atoms with van der Waals surface area (Å²) in [6.45, 7) is -0.225. The molecule has 3 N–H and O–H groups in total. The summed E-state index contributed by atoms with van der Waals surface area (Å²) in [5.41, 5.74) is 1.06. The van der Waals surface area contributed by atoms with E-state index in [1.54, 1.807) is 12.1 Å². The lowest BCUT2D eigenvalue weighted by Crippen LogP contribution is -2.12. The largest absolute Gasteiger partial charge is 0.508 e. The Kier molecular flexibility index (Phi) is 4.32. The van der Waals surface area contributed by atoms with Crippen LogP contribution in [0.25, 0.3) is 0 Å². The number of aromatic nitrogens is 1. The number of phenolic OH excluding ortho intramolecular Hbond substituents is 1. The molecule has 100 valence electrons. The predicted molar refractivity (Wildman–Crippen MR) is 74.3 cm³/mol. The zero-order valence-corrected chi connectivity index (χ0v) is 10.5. The van der Waals surface area contributed by atoms with E-state index in [1.165, 1.54) is 30.5 Å². The Hall–Kier alpha value is -2.84. The number of hydrogen-bond donors (Lipinski definition) is 3. The number of rotatable bonds is 2. The fourth-order valence-electron chi connectivity index (χ4n) is 1.52. The van der Waals surface area contributed by atoms with Crippen molar-refractivity contribution < 1.29 is 15.0 Å². The summed E-state index contributed by atoms with van der Waals surface area (Å²) in [5, 5.41) is 20.4. The maximum atomic E-state index is 11.9. The fourth-order valence-corrected chi connectivity index (χ4v) is 1.52. The van der Waals surface area contributed by atoms with E-state index < -0.39 is 0 Å². The first-order chi connectivity index (χ1) is 9.69. The van der Waals surface area contributed by atoms with Gasteiger partial charge in [0.2, 0.25) is 0 Å². The van der Waals surface area contributed by atoms with E-state index in [0.717, 1.165) is 0 Å². The van der Waals surface area contributed by atoms with Gasteiger partial charge in [0.15, 0.2) is 0 Å². The summed E-state index contributed by atoms with van der Waals surface area (Å²) >= 11 is 0. The van der Waals surface area contributed by atoms with Gasteiger partial charge in [-0.05, 0) is 36.4 Å². The highest BCUT2D eigenvalue weighted by atomic mass is 16.3. The number of phenols is 1. The molecule has 1 aromatic heterocycles. The van der Waals surface area contributed by atoms with Crippen molar-refractivity contribution >= 4 is 11.7 Å². The molecule has 0 bridgehead atoms. The SMILES string of the molecule is O=C(Nc1cc(C#CCO)ccn1)c1ccc(O)cc1. The van der Waals surface area contributed by atoms with Crippen LogP contribution < -0.4 is 5.32 Å². The van der Waals surface area contributed by atoms with Crippen LogP contribution in [0.15, 0.2) is 42.6 Å². The van der Waals surface area contributed by atoms with Gasteiger partial charge in [0.25, 0.3) is 5.91 Å². The number of aliphatic hydroxyl groups excluding tert-OH is 1. The number of aromatic hydroxyl groups is 1. The van der Waals surface area contributed by atoms with Crippen LogP contribution in [-0.4, -0.2) is 27.7 Å². The molecule has 0 fully saturated rings. The first-order valence-corrected chi connectivity index (χ1v) is 5.85. The lowest BCUT2D eigenvalue weighted by Gasteiger charge is -2.04. The summed E-state index contributed by atoms with van der Waals surface area (Å²) in [4.78, 5) is 16.0. The number of benzene rings is 1. The molecule has 2 aromatic rings. The number of nitrogens with zero attached hydrogens (tertiary/aromatic N) is 1. The number of amides is 1. The van der Waals surface area contributed by atoms with E-state index in [4.69, 9.17) is 10.2 Å². The minimum Gasteiger partial charge on any atom is -0.508 e. The van der Waals surface area contributed by atoms with Gasteiger partial charge < -0.3 is 15.5 Å². The van der Waals surface area contributed by atoms with Gasteiger partial charge in [0.1, 0.15) is 18.2 Å². The second kappa shape index (κ2) is 6.36. The average molecular weight is 268 g/mol. The van der Waals surface area contributed by atoms with E-state index in [1.807, 2.05) is 0 Å². The Morgan fingerprint density at radius 2 is 2.00 bits per heavy atom. The normalized spacial score (nSPS) is 9.45. The summed E-state index contributed by atoms with van der Waals surface area (Å²) < 4.78 is 0. The van der Waals surface area contributed by atoms with E-state index in [0.29, 0.717) is 16.9 Å². The molecule has 0 atom stereocenters. The Morgan fingerprint density at radius 1 is 1.25 bits per heavy atom. The standard InChI is InChI=1S/C15H12N2O3/c18-9-1-2-11-7-8-16-14(10-11)17-15(20)12-3-5-13(19)6-4-12/h3-8,10,18-19H,9H2,(H,16,17,20). The molecule has 1 aromatic carbocycles. The van der Waals surface area contributed by atoms with Crippen molar-refractivity contribution in [2.45, 2.75) is 0 Å². The van der Waals surface area contributed by atoms with Crippen molar-refractivity contribution in [1.29, 1.82) is 0 Å². The third kappa shape index (κ3) is 3.57. The van der Waals surface area contributed by atoms with Crippen LogP contribution in [0.1, 0.15) is 15.9 Å². The summed E-state index contributed by atoms with van der Waals surface area (Å²) in [7, 11) is 0. The molecule has 0 unspecified atom stereocenters. The smallest absolute Gasteiger partial charge is 0.256 e. The maximum absolute atomic E-state index is 11.9. The third-order valence-electron chi connectivity index (χ3n) is 2.44. The first-order valence-electron chi connectivity index (χ1n) is 5.85. The molecular weight excluding hydrogens is 256 g/mol. The number of carbonyl (C=O) groups excluding carboxylic acids is 1. The molecule has 0 saturated carbocycles. The van der Waals surface area contributed by atoms with Crippen molar-refractivity contribution in [1.82, 2.24) is 4.98 Å². The van der Waals surface area contributed by atoms with Crippen molar-refractivity contribution in [3.05, 3.63) is 53.7 Å². The van der Waals surface area contributed by atoms with Gasteiger partial charge in [-0.25, -0.2) is 4.98 Å². The summed E-state index contributed by atoms with van der Waals surface area (Å²) in [5.74, 6) is 5.39. The number of anilines is 1. The highest BCUT2D eigenvalue weighted by molar-refractivity contribution is 6.03. The lowest BCUT2D eigenvalue weighted by atomic mass is 10.2. The van der Waals surface area contributed by atoms with E-state index >= 15 is 0 Å². The lowest BCUT2D eigenvalue weighted by molar-refractivity contribution is 0.102. The molecule has 0 aliphatic rings. The number of nitrogens with one attached hydrogen (secondary N) is 1. The number of pyridine rings is 1. The molecule has 5 heteroatoms. The molecule has 0 spiro atoms. The molecule has 0 saturated heterocycles. The third-order valence-corrected chi connectivity index (χ3v) is 2.44. The van der Waals surface area contributed by atoms with Gasteiger partial charge in [-0.3, -0.25) is 4.79 Å². The monoisotopic (exact) mass is 268 g/mol. The van der Waals surface area contributed by atoms with Crippen molar-refractivity contribution in [3.63, 3.8) is 0 Å². The molecule has 1 heterocycles. The summed E-state index contributed by atoms with van der Waals surface area (Å²) in [6.07, 6.45) is 1.52. The van der Waals surface area contributed by atoms with Crippen molar-refractivity contribution in [3.8, 4) is 17.6 Å². The predicted octanol–water partition coefficient (Wildman–Crippen LogP) is 1.38. The number of hydrogen-bond acceptors (Lipinski definition) is 4. The zero-order valence-electron chi connectivity index (χ0n) is 10.5. The van der Waals surface area contributed by atoms with Crippen LogP contribution in [-0.2, 0) is 0 Å². The molecule has 2 rings (SSSR count). The molecule has 0 radical (unpaired) electrons. The van der Waals surface area contributed by atoms with E-state index in [2.05, 4.69) is 22.1 Å². The van der Waals surface area contributed by atoms with Gasteiger partial charge in [0, 0.05) is 17.3 Å². The maximum Gasteiger partial charge on any atom is 0.256 e.